The zero-order chi connectivity index (χ0) is 25.9. The van der Waals surface area contributed by atoms with Crippen molar-refractivity contribution in [2.24, 2.45) is 5.92 Å². The quantitative estimate of drug-likeness (QED) is 0.550. The van der Waals surface area contributed by atoms with Crippen LogP contribution in [0.5, 0.6) is 0 Å². The first-order chi connectivity index (χ1) is 17.4. The van der Waals surface area contributed by atoms with Crippen molar-refractivity contribution >= 4 is 17.5 Å². The second-order valence-corrected chi connectivity index (χ2v) is 10.3. The Morgan fingerprint density at radius 1 is 0.972 bits per heavy atom. The third kappa shape index (κ3) is 8.17. The lowest BCUT2D eigenvalue weighted by Crippen LogP contribution is -2.34. The van der Waals surface area contributed by atoms with Crippen LogP contribution in [-0.4, -0.2) is 43.5 Å². The minimum Gasteiger partial charge on any atom is -0.380 e. The van der Waals surface area contributed by atoms with Crippen molar-refractivity contribution in [2.45, 2.75) is 72.6 Å². The molecule has 36 heavy (non-hydrogen) atoms. The topological polar surface area (TPSA) is 61.9 Å². The number of benzene rings is 2. The van der Waals surface area contributed by atoms with E-state index in [2.05, 4.69) is 24.1 Å². The van der Waals surface area contributed by atoms with Gasteiger partial charge >= 0.3 is 0 Å². The van der Waals surface area contributed by atoms with Crippen LogP contribution in [0.1, 0.15) is 79.9 Å². The molecule has 0 saturated carbocycles. The van der Waals surface area contributed by atoms with E-state index in [1.807, 2.05) is 47.4 Å². The molecular weight excluding hydrogens is 450 g/mol. The lowest BCUT2D eigenvalue weighted by atomic mass is 10.0. The Kier molecular flexibility index (Phi) is 11.0. The first-order valence-corrected chi connectivity index (χ1v) is 13.4. The predicted molar refractivity (Wildman–Crippen MR) is 146 cm³/mol. The fourth-order valence-electron chi connectivity index (χ4n) is 5.00. The van der Waals surface area contributed by atoms with Crippen molar-refractivity contribution in [1.29, 1.82) is 0 Å². The normalized spacial score (nSPS) is 15.6. The van der Waals surface area contributed by atoms with E-state index in [1.165, 1.54) is 19.3 Å². The monoisotopic (exact) mass is 493 g/mol. The number of carbonyl (C=O) groups excluding carboxylic acids is 2. The van der Waals surface area contributed by atoms with Gasteiger partial charge in [-0.15, -0.1) is 0 Å². The van der Waals surface area contributed by atoms with Crippen molar-refractivity contribution in [2.75, 3.05) is 31.6 Å². The average Bonchev–Trinajstić information content (AvgIpc) is 2.84. The number of hydrogen-bond acceptors (Lipinski definition) is 4. The van der Waals surface area contributed by atoms with E-state index < -0.39 is 0 Å². The molecule has 0 bridgehead atoms. The first-order valence-electron chi connectivity index (χ1n) is 13.4. The smallest absolute Gasteiger partial charge is 0.251 e. The van der Waals surface area contributed by atoms with Crippen LogP contribution < -0.4 is 10.2 Å². The molecule has 3 rings (SSSR count). The maximum absolute atomic E-state index is 13.2. The van der Waals surface area contributed by atoms with Crippen LogP contribution in [-0.2, 0) is 29.2 Å². The maximum Gasteiger partial charge on any atom is 0.251 e. The van der Waals surface area contributed by atoms with E-state index in [0.29, 0.717) is 31.2 Å². The molecule has 0 radical (unpaired) electrons. The van der Waals surface area contributed by atoms with Gasteiger partial charge < -0.3 is 15.0 Å². The van der Waals surface area contributed by atoms with Crippen molar-refractivity contribution in [1.82, 2.24) is 10.2 Å². The molecule has 0 fully saturated rings. The van der Waals surface area contributed by atoms with Gasteiger partial charge in [0.05, 0.1) is 6.61 Å². The van der Waals surface area contributed by atoms with Crippen LogP contribution in [0.15, 0.2) is 42.5 Å². The Balaban J connectivity index is 1.87. The highest BCUT2D eigenvalue weighted by atomic mass is 16.5. The summed E-state index contributed by atoms with van der Waals surface area (Å²) >= 11 is 0. The summed E-state index contributed by atoms with van der Waals surface area (Å²) in [6.07, 6.45) is 5.74. The highest BCUT2D eigenvalue weighted by molar-refractivity contribution is 5.97. The van der Waals surface area contributed by atoms with Gasteiger partial charge in [-0.2, -0.15) is 0 Å². The number of amides is 2. The first kappa shape index (κ1) is 27.9. The molecule has 0 atom stereocenters. The molecule has 2 aromatic rings. The molecule has 196 valence electrons. The number of nitrogens with one attached hydrogen (secondary N) is 1. The Morgan fingerprint density at radius 3 is 2.36 bits per heavy atom. The summed E-state index contributed by atoms with van der Waals surface area (Å²) in [6.45, 7) is 10.5. The molecule has 1 aliphatic heterocycles. The Labute approximate surface area is 217 Å². The fraction of sp³-hybridized carbons (Fsp3) is 0.533. The van der Waals surface area contributed by atoms with Gasteiger partial charge in [0.2, 0.25) is 5.91 Å². The van der Waals surface area contributed by atoms with Crippen molar-refractivity contribution in [3.8, 4) is 0 Å². The van der Waals surface area contributed by atoms with Gasteiger partial charge in [0.1, 0.15) is 0 Å². The van der Waals surface area contributed by atoms with Gasteiger partial charge in [-0.3, -0.25) is 14.5 Å². The molecule has 1 N–H and O–H groups in total. The van der Waals surface area contributed by atoms with Gasteiger partial charge in [-0.25, -0.2) is 0 Å². The fourth-order valence-corrected chi connectivity index (χ4v) is 5.00. The van der Waals surface area contributed by atoms with Crippen LogP contribution in [0.25, 0.3) is 0 Å². The van der Waals surface area contributed by atoms with Crippen LogP contribution in [0.3, 0.4) is 0 Å². The highest BCUT2D eigenvalue weighted by Gasteiger charge is 2.20. The molecule has 0 unspecified atom stereocenters. The molecule has 1 heterocycles. The summed E-state index contributed by atoms with van der Waals surface area (Å²) in [6, 6.07) is 13.8. The SMILES string of the molecule is COCc1ccccc1CNC(=O)c1ccc2c(c1)CN(CC(C)C)CCCCCCCN2C(C)=O. The zero-order valence-electron chi connectivity index (χ0n) is 22.5. The Bertz CT molecular complexity index is 1000. The van der Waals surface area contributed by atoms with Gasteiger partial charge in [-0.1, -0.05) is 57.4 Å². The molecule has 2 aromatic carbocycles. The summed E-state index contributed by atoms with van der Waals surface area (Å²) in [5.41, 5.74) is 4.71. The molecule has 1 aliphatic rings. The minimum absolute atomic E-state index is 0.0515. The largest absolute Gasteiger partial charge is 0.380 e. The highest BCUT2D eigenvalue weighted by Crippen LogP contribution is 2.26. The standard InChI is InChI=1S/C30H43N3O3/c1-23(2)20-32-16-10-6-5-7-11-17-33(24(3)34)29-15-14-25(18-28(29)21-32)30(35)31-19-26-12-8-9-13-27(26)22-36-4/h8-9,12-15,18,23H,5-7,10-11,16-17,19-22H2,1-4H3,(H,31,35). The third-order valence-corrected chi connectivity index (χ3v) is 6.74. The number of fused-ring (bicyclic) bond motifs is 1. The molecule has 6 nitrogen and oxygen atoms in total. The summed E-state index contributed by atoms with van der Waals surface area (Å²) in [5, 5.41) is 3.08. The van der Waals surface area contributed by atoms with E-state index >= 15 is 0 Å². The summed E-state index contributed by atoms with van der Waals surface area (Å²) in [4.78, 5) is 30.2. The molecule has 0 aromatic heterocycles. The molecular formula is C30H43N3O3. The van der Waals surface area contributed by atoms with Crippen molar-refractivity contribution in [3.05, 3.63) is 64.7 Å². The van der Waals surface area contributed by atoms with Crippen molar-refractivity contribution in [3.63, 3.8) is 0 Å². The van der Waals surface area contributed by atoms with Gasteiger partial charge in [0, 0.05) is 51.5 Å². The van der Waals surface area contributed by atoms with Gasteiger partial charge in [0.25, 0.3) is 5.91 Å². The molecule has 0 aliphatic carbocycles. The second-order valence-electron chi connectivity index (χ2n) is 10.3. The number of nitrogens with zero attached hydrogens (tertiary/aromatic N) is 2. The lowest BCUT2D eigenvalue weighted by Gasteiger charge is -2.30. The van der Waals surface area contributed by atoms with Crippen LogP contribution in [0.4, 0.5) is 5.69 Å². The second kappa shape index (κ2) is 14.1. The molecule has 2 amide bonds. The van der Waals surface area contributed by atoms with Crippen LogP contribution in [0, 0.1) is 5.92 Å². The number of anilines is 1. The number of ether oxygens (including phenoxy) is 1. The van der Waals surface area contributed by atoms with Gasteiger partial charge in [-0.05, 0) is 60.2 Å². The van der Waals surface area contributed by atoms with E-state index in [4.69, 9.17) is 4.74 Å². The summed E-state index contributed by atoms with van der Waals surface area (Å²) in [5.74, 6) is 0.487. The Morgan fingerprint density at radius 2 is 1.67 bits per heavy atom. The van der Waals surface area contributed by atoms with Crippen molar-refractivity contribution < 1.29 is 14.3 Å². The molecule has 0 saturated heterocycles. The van der Waals surface area contributed by atoms with Crippen LogP contribution in [0.2, 0.25) is 0 Å². The number of carbonyl (C=O) groups is 2. The number of methoxy groups -OCH3 is 1. The van der Waals surface area contributed by atoms with E-state index in [0.717, 1.165) is 54.9 Å². The van der Waals surface area contributed by atoms with E-state index in [1.54, 1.807) is 14.0 Å². The van der Waals surface area contributed by atoms with Crippen LogP contribution >= 0.6 is 0 Å². The lowest BCUT2D eigenvalue weighted by molar-refractivity contribution is -0.116. The maximum atomic E-state index is 13.2. The number of rotatable bonds is 7. The number of hydrogen-bond donors (Lipinski definition) is 1. The molecule has 6 heteroatoms. The van der Waals surface area contributed by atoms with E-state index in [-0.39, 0.29) is 11.8 Å². The molecule has 0 spiro atoms. The summed E-state index contributed by atoms with van der Waals surface area (Å²) < 4.78 is 5.30. The minimum atomic E-state index is -0.110. The predicted octanol–water partition coefficient (Wildman–Crippen LogP) is 5.54. The Hall–Kier alpha value is -2.70. The average molecular weight is 494 g/mol. The third-order valence-electron chi connectivity index (χ3n) is 6.74. The summed E-state index contributed by atoms with van der Waals surface area (Å²) in [7, 11) is 1.67. The zero-order valence-corrected chi connectivity index (χ0v) is 22.5. The van der Waals surface area contributed by atoms with E-state index in [9.17, 15) is 9.59 Å². The van der Waals surface area contributed by atoms with Gasteiger partial charge in [0.15, 0.2) is 0 Å².